The quantitative estimate of drug-likeness (QED) is 0.786. The number of rotatable bonds is 5. The van der Waals surface area contributed by atoms with Gasteiger partial charge in [0.1, 0.15) is 0 Å². The van der Waals surface area contributed by atoms with Crippen LogP contribution in [-0.4, -0.2) is 54.5 Å². The van der Waals surface area contributed by atoms with Gasteiger partial charge in [0.15, 0.2) is 9.84 Å². The Morgan fingerprint density at radius 1 is 1.35 bits per heavy atom. The number of sulfone groups is 1. The van der Waals surface area contributed by atoms with Gasteiger partial charge in [-0.15, -0.1) is 0 Å². The number of hydrogen-bond donors (Lipinski definition) is 1. The fourth-order valence-corrected chi connectivity index (χ4v) is 2.90. The summed E-state index contributed by atoms with van der Waals surface area (Å²) >= 11 is 0. The first-order valence-electron chi connectivity index (χ1n) is 5.78. The number of nitrogens with zero attached hydrogens (tertiary/aromatic N) is 1. The molecule has 1 saturated heterocycles. The van der Waals surface area contributed by atoms with E-state index < -0.39 is 20.6 Å². The molecule has 0 aromatic carbocycles. The Labute approximate surface area is 103 Å². The van der Waals surface area contributed by atoms with E-state index in [4.69, 9.17) is 5.11 Å². The van der Waals surface area contributed by atoms with Crippen molar-refractivity contribution in [3.8, 4) is 0 Å². The van der Waals surface area contributed by atoms with Crippen LogP contribution < -0.4 is 0 Å². The summed E-state index contributed by atoms with van der Waals surface area (Å²) in [6.07, 6.45) is 0.183. The van der Waals surface area contributed by atoms with Crippen LogP contribution in [0.5, 0.6) is 0 Å². The molecule has 0 aromatic heterocycles. The molecule has 1 fully saturated rings. The van der Waals surface area contributed by atoms with Crippen LogP contribution in [0.3, 0.4) is 0 Å². The lowest BCUT2D eigenvalue weighted by Crippen LogP contribution is -2.49. The lowest BCUT2D eigenvalue weighted by molar-refractivity contribution is -0.139. The molecule has 0 amide bonds. The van der Waals surface area contributed by atoms with Crippen LogP contribution in [0.25, 0.3) is 0 Å². The van der Waals surface area contributed by atoms with E-state index in [9.17, 15) is 13.2 Å². The SMILES string of the molecule is CC(C)(C)S(=O)(=O)CCN1CC(CC(=O)O)C1. The first-order chi connectivity index (χ1) is 7.62. The summed E-state index contributed by atoms with van der Waals surface area (Å²) in [4.78, 5) is 12.4. The largest absolute Gasteiger partial charge is 0.481 e. The molecule has 0 bridgehead atoms. The van der Waals surface area contributed by atoms with Gasteiger partial charge in [-0.25, -0.2) is 8.42 Å². The van der Waals surface area contributed by atoms with Crippen molar-refractivity contribution >= 4 is 15.8 Å². The van der Waals surface area contributed by atoms with Gasteiger partial charge in [0.05, 0.1) is 16.9 Å². The first kappa shape index (κ1) is 14.4. The average molecular weight is 263 g/mol. The minimum atomic E-state index is -3.07. The molecule has 0 radical (unpaired) electrons. The molecule has 1 aliphatic heterocycles. The average Bonchev–Trinajstić information content (AvgIpc) is 2.06. The highest BCUT2D eigenvalue weighted by molar-refractivity contribution is 7.92. The van der Waals surface area contributed by atoms with Crippen LogP contribution >= 0.6 is 0 Å². The summed E-state index contributed by atoms with van der Waals surface area (Å²) in [6, 6.07) is 0. The Morgan fingerprint density at radius 2 is 1.88 bits per heavy atom. The molecular formula is C11H21NO4S. The molecule has 0 aromatic rings. The van der Waals surface area contributed by atoms with Crippen LogP contribution in [-0.2, 0) is 14.6 Å². The maximum atomic E-state index is 11.8. The molecule has 1 aliphatic rings. The van der Waals surface area contributed by atoms with Gasteiger partial charge in [0, 0.05) is 19.6 Å². The standard InChI is InChI=1S/C11H21NO4S/c1-11(2,3)17(15,16)5-4-12-7-9(8-12)6-10(13)14/h9H,4-8H2,1-3H3,(H,13,14). The number of aliphatic carboxylic acids is 1. The second-order valence-electron chi connectivity index (χ2n) is 5.65. The van der Waals surface area contributed by atoms with E-state index in [0.29, 0.717) is 19.6 Å². The Hall–Kier alpha value is -0.620. The maximum Gasteiger partial charge on any atom is 0.303 e. The van der Waals surface area contributed by atoms with Crippen molar-refractivity contribution in [1.82, 2.24) is 4.90 Å². The van der Waals surface area contributed by atoms with Gasteiger partial charge in [0.25, 0.3) is 0 Å². The molecule has 0 aliphatic carbocycles. The molecule has 100 valence electrons. The van der Waals surface area contributed by atoms with Crippen molar-refractivity contribution < 1.29 is 18.3 Å². The number of carboxylic acid groups (broad SMARTS) is 1. The third kappa shape index (κ3) is 3.96. The van der Waals surface area contributed by atoms with Crippen LogP contribution in [0.4, 0.5) is 0 Å². The topological polar surface area (TPSA) is 74.7 Å². The number of carbonyl (C=O) groups is 1. The molecule has 1 N–H and O–H groups in total. The van der Waals surface area contributed by atoms with Gasteiger partial charge in [-0.1, -0.05) is 0 Å². The minimum Gasteiger partial charge on any atom is -0.481 e. The number of likely N-dealkylation sites (tertiary alicyclic amines) is 1. The van der Waals surface area contributed by atoms with E-state index in [1.54, 1.807) is 20.8 Å². The van der Waals surface area contributed by atoms with Crippen molar-refractivity contribution in [2.75, 3.05) is 25.4 Å². The monoisotopic (exact) mass is 263 g/mol. The Balaban J connectivity index is 2.29. The van der Waals surface area contributed by atoms with Crippen LogP contribution in [0.15, 0.2) is 0 Å². The van der Waals surface area contributed by atoms with Gasteiger partial charge in [0.2, 0.25) is 0 Å². The first-order valence-corrected chi connectivity index (χ1v) is 7.43. The van der Waals surface area contributed by atoms with Gasteiger partial charge in [-0.05, 0) is 26.7 Å². The molecule has 1 rings (SSSR count). The van der Waals surface area contributed by atoms with Gasteiger partial charge >= 0.3 is 5.97 Å². The molecule has 1 heterocycles. The van der Waals surface area contributed by atoms with Crippen molar-refractivity contribution in [3.05, 3.63) is 0 Å². The van der Waals surface area contributed by atoms with Crippen molar-refractivity contribution in [1.29, 1.82) is 0 Å². The molecule has 5 nitrogen and oxygen atoms in total. The summed E-state index contributed by atoms with van der Waals surface area (Å²) in [5.74, 6) is -0.446. The van der Waals surface area contributed by atoms with Crippen LogP contribution in [0.2, 0.25) is 0 Å². The molecule has 0 saturated carbocycles. The highest BCUT2D eigenvalue weighted by Crippen LogP contribution is 2.21. The number of carboxylic acids is 1. The fourth-order valence-electron chi connectivity index (χ4n) is 1.79. The molecule has 17 heavy (non-hydrogen) atoms. The summed E-state index contributed by atoms with van der Waals surface area (Å²) in [5, 5.41) is 8.59. The predicted molar refractivity (Wildman–Crippen MR) is 65.7 cm³/mol. The number of hydrogen-bond acceptors (Lipinski definition) is 4. The smallest absolute Gasteiger partial charge is 0.303 e. The Morgan fingerprint density at radius 3 is 2.29 bits per heavy atom. The van der Waals surface area contributed by atoms with Crippen LogP contribution in [0.1, 0.15) is 27.2 Å². The van der Waals surface area contributed by atoms with Crippen molar-refractivity contribution in [2.24, 2.45) is 5.92 Å². The summed E-state index contributed by atoms with van der Waals surface area (Å²) < 4.78 is 23.0. The Kier molecular flexibility index (Phi) is 4.19. The maximum absolute atomic E-state index is 11.8. The molecular weight excluding hydrogens is 242 g/mol. The van der Waals surface area contributed by atoms with E-state index in [0.717, 1.165) is 0 Å². The zero-order valence-electron chi connectivity index (χ0n) is 10.6. The van der Waals surface area contributed by atoms with Crippen LogP contribution in [0, 0.1) is 5.92 Å². The van der Waals surface area contributed by atoms with E-state index in [2.05, 4.69) is 0 Å². The van der Waals surface area contributed by atoms with Crippen molar-refractivity contribution in [3.63, 3.8) is 0 Å². The second kappa shape index (κ2) is 4.94. The van der Waals surface area contributed by atoms with E-state index in [1.165, 1.54) is 0 Å². The zero-order chi connectivity index (χ0) is 13.3. The Bertz CT molecular complexity index is 377. The lowest BCUT2D eigenvalue weighted by Gasteiger charge is -2.38. The summed E-state index contributed by atoms with van der Waals surface area (Å²) in [6.45, 7) is 7.01. The van der Waals surface area contributed by atoms with E-state index >= 15 is 0 Å². The van der Waals surface area contributed by atoms with Gasteiger partial charge in [-0.2, -0.15) is 0 Å². The van der Waals surface area contributed by atoms with Gasteiger partial charge < -0.3 is 10.0 Å². The minimum absolute atomic E-state index is 0.149. The third-order valence-corrected chi connectivity index (χ3v) is 5.69. The van der Waals surface area contributed by atoms with Crippen molar-refractivity contribution in [2.45, 2.75) is 31.9 Å². The molecule has 0 spiro atoms. The second-order valence-corrected chi connectivity index (χ2v) is 8.52. The highest BCUT2D eigenvalue weighted by atomic mass is 32.2. The van der Waals surface area contributed by atoms with E-state index in [-0.39, 0.29) is 18.1 Å². The normalized spacial score (nSPS) is 19.0. The molecule has 0 unspecified atom stereocenters. The summed E-state index contributed by atoms with van der Waals surface area (Å²) in [5.41, 5.74) is 0. The highest BCUT2D eigenvalue weighted by Gasteiger charge is 2.32. The molecule has 0 atom stereocenters. The zero-order valence-corrected chi connectivity index (χ0v) is 11.5. The lowest BCUT2D eigenvalue weighted by atomic mass is 9.97. The molecule has 6 heteroatoms. The third-order valence-electron chi connectivity index (χ3n) is 3.11. The predicted octanol–water partition coefficient (Wildman–Crippen LogP) is 0.606. The fraction of sp³-hybridized carbons (Fsp3) is 0.909. The summed E-state index contributed by atoms with van der Waals surface area (Å²) in [7, 11) is -3.07. The van der Waals surface area contributed by atoms with E-state index in [1.807, 2.05) is 4.90 Å². The van der Waals surface area contributed by atoms with Gasteiger partial charge in [-0.3, -0.25) is 4.79 Å².